The van der Waals surface area contributed by atoms with Crippen LogP contribution in [0.15, 0.2) is 41.2 Å². The average Bonchev–Trinajstić information content (AvgIpc) is 3.01. The molecule has 3 aromatic rings. The molecule has 0 unspecified atom stereocenters. The molecule has 0 amide bonds. The molecule has 0 N–H and O–H groups in total. The second-order valence-corrected chi connectivity index (χ2v) is 6.42. The lowest BCUT2D eigenvalue weighted by atomic mass is 10.1. The largest absolute Gasteiger partial charge is 0.356 e. The van der Waals surface area contributed by atoms with Gasteiger partial charge >= 0.3 is 0 Å². The summed E-state index contributed by atoms with van der Waals surface area (Å²) in [5.74, 6) is 0.785. The normalized spacial score (nSPS) is 15.4. The van der Waals surface area contributed by atoms with Crippen molar-refractivity contribution >= 4 is 22.1 Å². The zero-order valence-electron chi connectivity index (χ0n) is 12.1. The highest BCUT2D eigenvalue weighted by molar-refractivity contribution is 7.19. The molecule has 5 nitrogen and oxygen atoms in total. The predicted octanol–water partition coefficient (Wildman–Crippen LogP) is 2.81. The summed E-state index contributed by atoms with van der Waals surface area (Å²) in [5, 5.41) is 5.23. The maximum atomic E-state index is 12.3. The van der Waals surface area contributed by atoms with Crippen LogP contribution in [0, 0.1) is 0 Å². The molecule has 4 rings (SSSR count). The summed E-state index contributed by atoms with van der Waals surface area (Å²) in [6.07, 6.45) is 3.59. The number of benzene rings is 1. The van der Waals surface area contributed by atoms with Crippen LogP contribution in [-0.2, 0) is 0 Å². The van der Waals surface area contributed by atoms with Gasteiger partial charge in [0.1, 0.15) is 10.8 Å². The van der Waals surface area contributed by atoms with E-state index in [0.717, 1.165) is 29.5 Å². The first-order chi connectivity index (χ1) is 10.8. The van der Waals surface area contributed by atoms with Gasteiger partial charge in [-0.3, -0.25) is 4.79 Å². The third-order valence-corrected chi connectivity index (χ3v) is 4.89. The van der Waals surface area contributed by atoms with E-state index in [-0.39, 0.29) is 5.56 Å². The summed E-state index contributed by atoms with van der Waals surface area (Å²) in [7, 11) is 0. The number of fused-ring (bicyclic) bond motifs is 1. The molecule has 1 aliphatic rings. The molecule has 0 bridgehead atoms. The molecule has 1 aromatic carbocycles. The molecule has 1 saturated heterocycles. The minimum atomic E-state index is -0.107. The van der Waals surface area contributed by atoms with Crippen molar-refractivity contribution in [3.8, 4) is 10.6 Å². The van der Waals surface area contributed by atoms with Gasteiger partial charge in [-0.2, -0.15) is 9.61 Å². The summed E-state index contributed by atoms with van der Waals surface area (Å²) in [4.78, 5) is 19.8. The van der Waals surface area contributed by atoms with E-state index in [4.69, 9.17) is 0 Å². The Labute approximate surface area is 131 Å². The van der Waals surface area contributed by atoms with E-state index < -0.39 is 0 Å². The molecule has 112 valence electrons. The maximum absolute atomic E-state index is 12.3. The molecule has 1 aliphatic heterocycles. The van der Waals surface area contributed by atoms with Crippen molar-refractivity contribution in [2.75, 3.05) is 18.0 Å². The van der Waals surface area contributed by atoms with E-state index >= 15 is 0 Å². The molecule has 2 aromatic heterocycles. The Bertz CT molecular complexity index is 849. The Morgan fingerprint density at radius 2 is 1.82 bits per heavy atom. The minimum Gasteiger partial charge on any atom is -0.356 e. The monoisotopic (exact) mass is 312 g/mol. The van der Waals surface area contributed by atoms with Crippen molar-refractivity contribution in [2.45, 2.75) is 19.3 Å². The van der Waals surface area contributed by atoms with Crippen LogP contribution in [0.4, 0.5) is 5.82 Å². The van der Waals surface area contributed by atoms with Crippen LogP contribution >= 0.6 is 11.3 Å². The fourth-order valence-electron chi connectivity index (χ4n) is 2.78. The lowest BCUT2D eigenvalue weighted by Crippen LogP contribution is -2.31. The number of hydrogen-bond donors (Lipinski definition) is 0. The van der Waals surface area contributed by atoms with Gasteiger partial charge in [-0.25, -0.2) is 4.98 Å². The van der Waals surface area contributed by atoms with Gasteiger partial charge in [-0.1, -0.05) is 41.7 Å². The van der Waals surface area contributed by atoms with Gasteiger partial charge in [0, 0.05) is 24.7 Å². The number of nitrogens with zero attached hydrogens (tertiary/aromatic N) is 4. The Kier molecular flexibility index (Phi) is 3.38. The molecule has 0 saturated carbocycles. The van der Waals surface area contributed by atoms with E-state index in [1.165, 1.54) is 35.1 Å². The fourth-order valence-corrected chi connectivity index (χ4v) is 3.69. The van der Waals surface area contributed by atoms with Gasteiger partial charge < -0.3 is 4.90 Å². The number of rotatable bonds is 2. The number of anilines is 1. The van der Waals surface area contributed by atoms with Crippen LogP contribution in [-0.4, -0.2) is 27.7 Å². The lowest BCUT2D eigenvalue weighted by Gasteiger charge is -2.27. The van der Waals surface area contributed by atoms with Crippen LogP contribution in [0.2, 0.25) is 0 Å². The van der Waals surface area contributed by atoms with Crippen LogP contribution < -0.4 is 10.5 Å². The SMILES string of the molecule is O=c1cc(N2CCCCC2)nc2sc(-c3ccccc3)nn12. The third-order valence-electron chi connectivity index (χ3n) is 3.93. The highest BCUT2D eigenvalue weighted by Crippen LogP contribution is 2.25. The van der Waals surface area contributed by atoms with Crippen molar-refractivity contribution in [2.24, 2.45) is 0 Å². The number of hydrogen-bond acceptors (Lipinski definition) is 5. The quantitative estimate of drug-likeness (QED) is 0.730. The average molecular weight is 312 g/mol. The van der Waals surface area contributed by atoms with E-state index in [9.17, 15) is 4.79 Å². The molecule has 0 aliphatic carbocycles. The molecular formula is C16H16N4OS. The first kappa shape index (κ1) is 13.5. The predicted molar refractivity (Wildman–Crippen MR) is 88.6 cm³/mol. The summed E-state index contributed by atoms with van der Waals surface area (Å²) in [6, 6.07) is 11.5. The lowest BCUT2D eigenvalue weighted by molar-refractivity contribution is 0.573. The molecule has 6 heteroatoms. The number of aromatic nitrogens is 3. The smallest absolute Gasteiger partial charge is 0.277 e. The third kappa shape index (κ3) is 2.39. The Balaban J connectivity index is 1.79. The van der Waals surface area contributed by atoms with E-state index in [2.05, 4.69) is 15.0 Å². The topological polar surface area (TPSA) is 50.5 Å². The first-order valence-electron chi connectivity index (χ1n) is 7.52. The van der Waals surface area contributed by atoms with Gasteiger partial charge in [0.05, 0.1) is 0 Å². The van der Waals surface area contributed by atoms with Gasteiger partial charge in [0.15, 0.2) is 0 Å². The molecular weight excluding hydrogens is 296 g/mol. The maximum Gasteiger partial charge on any atom is 0.277 e. The Morgan fingerprint density at radius 1 is 1.05 bits per heavy atom. The Hall–Kier alpha value is -2.21. The van der Waals surface area contributed by atoms with Crippen molar-refractivity contribution in [1.29, 1.82) is 0 Å². The molecule has 0 atom stereocenters. The van der Waals surface area contributed by atoms with E-state index in [0.29, 0.717) is 4.96 Å². The molecule has 0 radical (unpaired) electrons. The molecule has 22 heavy (non-hydrogen) atoms. The van der Waals surface area contributed by atoms with Crippen molar-refractivity contribution in [3.63, 3.8) is 0 Å². The van der Waals surface area contributed by atoms with Gasteiger partial charge in [0.25, 0.3) is 5.56 Å². The Morgan fingerprint density at radius 3 is 2.59 bits per heavy atom. The zero-order chi connectivity index (χ0) is 14.9. The van der Waals surface area contributed by atoms with E-state index in [1.54, 1.807) is 6.07 Å². The molecule has 0 spiro atoms. The highest BCUT2D eigenvalue weighted by Gasteiger charge is 2.16. The van der Waals surface area contributed by atoms with Crippen molar-refractivity contribution < 1.29 is 0 Å². The van der Waals surface area contributed by atoms with Crippen LogP contribution in [0.25, 0.3) is 15.5 Å². The summed E-state index contributed by atoms with van der Waals surface area (Å²) in [6.45, 7) is 1.96. The second kappa shape index (κ2) is 5.53. The van der Waals surface area contributed by atoms with E-state index in [1.807, 2.05) is 30.3 Å². The standard InChI is InChI=1S/C16H16N4OS/c21-14-11-13(19-9-5-2-6-10-19)17-16-20(14)18-15(22-16)12-7-3-1-4-8-12/h1,3-4,7-8,11H,2,5-6,9-10H2. The van der Waals surface area contributed by atoms with Crippen LogP contribution in [0.5, 0.6) is 0 Å². The number of piperidine rings is 1. The van der Waals surface area contributed by atoms with Crippen LogP contribution in [0.1, 0.15) is 19.3 Å². The molecule has 3 heterocycles. The fraction of sp³-hybridized carbons (Fsp3) is 0.312. The second-order valence-electron chi connectivity index (χ2n) is 5.47. The molecule has 1 fully saturated rings. The highest BCUT2D eigenvalue weighted by atomic mass is 32.1. The summed E-state index contributed by atoms with van der Waals surface area (Å²) >= 11 is 1.46. The van der Waals surface area contributed by atoms with Gasteiger partial charge in [0.2, 0.25) is 4.96 Å². The van der Waals surface area contributed by atoms with Gasteiger partial charge in [-0.05, 0) is 19.3 Å². The summed E-state index contributed by atoms with van der Waals surface area (Å²) < 4.78 is 1.40. The van der Waals surface area contributed by atoms with Gasteiger partial charge in [-0.15, -0.1) is 0 Å². The minimum absolute atomic E-state index is 0.107. The van der Waals surface area contributed by atoms with Crippen molar-refractivity contribution in [3.05, 3.63) is 46.8 Å². The first-order valence-corrected chi connectivity index (χ1v) is 8.34. The van der Waals surface area contributed by atoms with Crippen molar-refractivity contribution in [1.82, 2.24) is 14.6 Å². The van der Waals surface area contributed by atoms with Crippen LogP contribution in [0.3, 0.4) is 0 Å². The summed E-state index contributed by atoms with van der Waals surface area (Å²) in [5.41, 5.74) is 0.904. The zero-order valence-corrected chi connectivity index (χ0v) is 12.9.